The number of benzene rings is 2. The third kappa shape index (κ3) is 5.08. The monoisotopic (exact) mass is 330 g/mol. The molecule has 2 amide bonds. The van der Waals surface area contributed by atoms with Crippen molar-refractivity contribution >= 4 is 11.7 Å². The second-order valence-corrected chi connectivity index (χ2v) is 5.11. The fourth-order valence-electron chi connectivity index (χ4n) is 2.11. The lowest BCUT2D eigenvalue weighted by Crippen LogP contribution is -2.32. The summed E-state index contributed by atoms with van der Waals surface area (Å²) in [6.07, 6.45) is 0. The number of hydrogen-bond donors (Lipinski definition) is 2. The van der Waals surface area contributed by atoms with Gasteiger partial charge >= 0.3 is 6.03 Å². The van der Waals surface area contributed by atoms with Gasteiger partial charge in [-0.2, -0.15) is 0 Å². The molecule has 0 aliphatic carbocycles. The van der Waals surface area contributed by atoms with Gasteiger partial charge in [0.05, 0.1) is 26.5 Å². The predicted octanol–water partition coefficient (Wildman–Crippen LogP) is 3.21. The lowest BCUT2D eigenvalue weighted by molar-refractivity contribution is 0.247. The average Bonchev–Trinajstić information content (AvgIpc) is 2.59. The highest BCUT2D eigenvalue weighted by atomic mass is 16.5. The summed E-state index contributed by atoms with van der Waals surface area (Å²) in [5.74, 6) is 2.03. The summed E-state index contributed by atoms with van der Waals surface area (Å²) < 4.78 is 15.9. The van der Waals surface area contributed by atoms with E-state index in [1.165, 1.54) is 0 Å². The maximum atomic E-state index is 12.0. The molecule has 0 spiro atoms. The molecule has 2 N–H and O–H groups in total. The van der Waals surface area contributed by atoms with Crippen LogP contribution in [0.1, 0.15) is 5.56 Å². The summed E-state index contributed by atoms with van der Waals surface area (Å²) in [5, 5.41) is 5.51. The number of urea groups is 1. The molecule has 0 aromatic heterocycles. The summed E-state index contributed by atoms with van der Waals surface area (Å²) in [7, 11) is 3.17. The van der Waals surface area contributed by atoms with E-state index in [2.05, 4.69) is 10.6 Å². The number of ether oxygens (including phenoxy) is 3. The van der Waals surface area contributed by atoms with Crippen LogP contribution in [0, 0.1) is 6.92 Å². The third-order valence-electron chi connectivity index (χ3n) is 3.30. The van der Waals surface area contributed by atoms with Gasteiger partial charge in [0.25, 0.3) is 0 Å². The van der Waals surface area contributed by atoms with Crippen LogP contribution in [0.5, 0.6) is 17.2 Å². The van der Waals surface area contributed by atoms with Crippen LogP contribution >= 0.6 is 0 Å². The Labute approximate surface area is 141 Å². The number of carbonyl (C=O) groups is 1. The molecule has 6 heteroatoms. The number of methoxy groups -OCH3 is 2. The van der Waals surface area contributed by atoms with Crippen LogP contribution in [-0.4, -0.2) is 33.4 Å². The molecule has 0 radical (unpaired) electrons. The molecule has 0 atom stereocenters. The summed E-state index contributed by atoms with van der Waals surface area (Å²) in [6.45, 7) is 2.67. The number of nitrogens with one attached hydrogen (secondary N) is 2. The zero-order valence-electron chi connectivity index (χ0n) is 14.1. The Kier molecular flexibility index (Phi) is 6.31. The Hall–Kier alpha value is -2.89. The van der Waals surface area contributed by atoms with E-state index < -0.39 is 0 Å². The first-order chi connectivity index (χ1) is 11.6. The smallest absolute Gasteiger partial charge is 0.319 e. The molecule has 0 bridgehead atoms. The van der Waals surface area contributed by atoms with Crippen molar-refractivity contribution < 1.29 is 19.0 Å². The second kappa shape index (κ2) is 8.67. The van der Waals surface area contributed by atoms with Crippen LogP contribution in [0.3, 0.4) is 0 Å². The van der Waals surface area contributed by atoms with E-state index in [4.69, 9.17) is 14.2 Å². The molecular weight excluding hydrogens is 308 g/mol. The van der Waals surface area contributed by atoms with E-state index in [1.54, 1.807) is 20.3 Å². The minimum atomic E-state index is -0.312. The van der Waals surface area contributed by atoms with Gasteiger partial charge in [0.1, 0.15) is 23.9 Å². The molecular formula is C18H22N2O4. The number of hydrogen-bond acceptors (Lipinski definition) is 4. The van der Waals surface area contributed by atoms with Crippen molar-refractivity contribution in [3.63, 3.8) is 0 Å². The number of carbonyl (C=O) groups excluding carboxylic acids is 1. The van der Waals surface area contributed by atoms with Crippen molar-refractivity contribution in [2.45, 2.75) is 6.92 Å². The summed E-state index contributed by atoms with van der Waals surface area (Å²) >= 11 is 0. The molecule has 0 unspecified atom stereocenters. The number of rotatable bonds is 7. The summed E-state index contributed by atoms with van der Waals surface area (Å²) in [6, 6.07) is 12.6. The maximum Gasteiger partial charge on any atom is 0.319 e. The van der Waals surface area contributed by atoms with Gasteiger partial charge in [-0.15, -0.1) is 0 Å². The van der Waals surface area contributed by atoms with Crippen LogP contribution < -0.4 is 24.8 Å². The molecule has 2 aromatic carbocycles. The maximum absolute atomic E-state index is 12.0. The predicted molar refractivity (Wildman–Crippen MR) is 93.2 cm³/mol. The SMILES string of the molecule is COc1cccc(OCCNC(=O)Nc2cc(C)ccc2OC)c1. The molecule has 0 heterocycles. The lowest BCUT2D eigenvalue weighted by Gasteiger charge is -2.12. The molecule has 0 saturated carbocycles. The molecule has 0 saturated heterocycles. The van der Waals surface area contributed by atoms with E-state index in [0.717, 1.165) is 11.3 Å². The van der Waals surface area contributed by atoms with E-state index in [-0.39, 0.29) is 6.03 Å². The summed E-state index contributed by atoms with van der Waals surface area (Å²) in [4.78, 5) is 12.0. The minimum absolute atomic E-state index is 0.312. The Morgan fingerprint density at radius 2 is 1.83 bits per heavy atom. The van der Waals surface area contributed by atoms with Gasteiger partial charge in [0.2, 0.25) is 0 Å². The summed E-state index contributed by atoms with van der Waals surface area (Å²) in [5.41, 5.74) is 1.66. The highest BCUT2D eigenvalue weighted by Gasteiger charge is 2.07. The molecule has 0 aliphatic rings. The standard InChI is InChI=1S/C18H22N2O4/c1-13-7-8-17(23-3)16(11-13)20-18(21)19-9-10-24-15-6-4-5-14(12-15)22-2/h4-8,11-12H,9-10H2,1-3H3,(H2,19,20,21). The van der Waals surface area contributed by atoms with E-state index in [1.807, 2.05) is 43.3 Å². The van der Waals surface area contributed by atoms with Crippen LogP contribution in [-0.2, 0) is 0 Å². The Morgan fingerprint density at radius 1 is 1.04 bits per heavy atom. The third-order valence-corrected chi connectivity index (χ3v) is 3.30. The molecule has 2 rings (SSSR count). The van der Waals surface area contributed by atoms with Gasteiger partial charge in [0, 0.05) is 6.07 Å². The van der Waals surface area contributed by atoms with Crippen LogP contribution in [0.15, 0.2) is 42.5 Å². The number of anilines is 1. The van der Waals surface area contributed by atoms with E-state index in [0.29, 0.717) is 30.3 Å². The van der Waals surface area contributed by atoms with E-state index >= 15 is 0 Å². The van der Waals surface area contributed by atoms with Crippen molar-refractivity contribution in [3.05, 3.63) is 48.0 Å². The van der Waals surface area contributed by atoms with Crippen molar-refractivity contribution in [1.82, 2.24) is 5.32 Å². The first kappa shape index (κ1) is 17.5. The molecule has 24 heavy (non-hydrogen) atoms. The topological polar surface area (TPSA) is 68.8 Å². The number of aryl methyl sites for hydroxylation is 1. The largest absolute Gasteiger partial charge is 0.497 e. The first-order valence-corrected chi connectivity index (χ1v) is 7.58. The second-order valence-electron chi connectivity index (χ2n) is 5.11. The van der Waals surface area contributed by atoms with Gasteiger partial charge < -0.3 is 24.8 Å². The van der Waals surface area contributed by atoms with Crippen molar-refractivity contribution in [1.29, 1.82) is 0 Å². The Balaban J connectivity index is 1.78. The fourth-order valence-corrected chi connectivity index (χ4v) is 2.11. The Bertz CT molecular complexity index is 688. The lowest BCUT2D eigenvalue weighted by atomic mass is 10.2. The molecule has 0 fully saturated rings. The van der Waals surface area contributed by atoms with Gasteiger partial charge in [0.15, 0.2) is 0 Å². The van der Waals surface area contributed by atoms with Gasteiger partial charge in [-0.05, 0) is 36.8 Å². The fraction of sp³-hybridized carbons (Fsp3) is 0.278. The zero-order valence-corrected chi connectivity index (χ0v) is 14.1. The molecule has 0 aliphatic heterocycles. The zero-order chi connectivity index (χ0) is 17.4. The van der Waals surface area contributed by atoms with Gasteiger partial charge in [-0.1, -0.05) is 12.1 Å². The van der Waals surface area contributed by atoms with E-state index in [9.17, 15) is 4.79 Å². The van der Waals surface area contributed by atoms with Crippen LogP contribution in [0.25, 0.3) is 0 Å². The van der Waals surface area contributed by atoms with Gasteiger partial charge in [-0.25, -0.2) is 4.79 Å². The van der Waals surface area contributed by atoms with Crippen molar-refractivity contribution in [2.75, 3.05) is 32.7 Å². The van der Waals surface area contributed by atoms with Crippen LogP contribution in [0.2, 0.25) is 0 Å². The normalized spacial score (nSPS) is 9.96. The molecule has 128 valence electrons. The number of amides is 2. The van der Waals surface area contributed by atoms with Crippen molar-refractivity contribution in [2.24, 2.45) is 0 Å². The highest BCUT2D eigenvalue weighted by molar-refractivity contribution is 5.91. The van der Waals surface area contributed by atoms with Gasteiger partial charge in [-0.3, -0.25) is 0 Å². The first-order valence-electron chi connectivity index (χ1n) is 7.58. The van der Waals surface area contributed by atoms with Crippen LogP contribution in [0.4, 0.5) is 10.5 Å². The minimum Gasteiger partial charge on any atom is -0.497 e. The highest BCUT2D eigenvalue weighted by Crippen LogP contribution is 2.25. The Morgan fingerprint density at radius 3 is 2.58 bits per heavy atom. The molecule has 2 aromatic rings. The molecule has 6 nitrogen and oxygen atoms in total. The average molecular weight is 330 g/mol. The quantitative estimate of drug-likeness (QED) is 0.765. The van der Waals surface area contributed by atoms with Crippen molar-refractivity contribution in [3.8, 4) is 17.2 Å².